The van der Waals surface area contributed by atoms with Gasteiger partial charge < -0.3 is 0 Å². The van der Waals surface area contributed by atoms with Gasteiger partial charge in [-0.1, -0.05) is 12.1 Å². The van der Waals surface area contributed by atoms with Gasteiger partial charge >= 0.3 is 0 Å². The van der Waals surface area contributed by atoms with Gasteiger partial charge in [-0.2, -0.15) is 0 Å². The number of primary sulfonamides is 1. The minimum absolute atomic E-state index is 0.0219. The molecule has 2 rings (SSSR count). The standard InChI is InChI=1S/C11H16N2O4S2/c12-19(16,17)11-3-1-2-10(6-11)7-13-18(14,15)8-9-4-5-9/h1-3,6,9,13H,4-5,7-8H2,(H2,12,16,17). The summed E-state index contributed by atoms with van der Waals surface area (Å²) in [6.07, 6.45) is 1.92. The Morgan fingerprint density at radius 2 is 1.89 bits per heavy atom. The molecule has 0 bridgehead atoms. The maximum Gasteiger partial charge on any atom is 0.238 e. The lowest BCUT2D eigenvalue weighted by Gasteiger charge is -2.07. The smallest absolute Gasteiger partial charge is 0.225 e. The molecule has 3 N–H and O–H groups in total. The zero-order valence-electron chi connectivity index (χ0n) is 10.2. The Labute approximate surface area is 113 Å². The summed E-state index contributed by atoms with van der Waals surface area (Å²) in [5.74, 6) is 0.412. The number of nitrogens with two attached hydrogens (primary N) is 1. The van der Waals surface area contributed by atoms with E-state index in [1.807, 2.05) is 0 Å². The van der Waals surface area contributed by atoms with Gasteiger partial charge in [0.1, 0.15) is 0 Å². The first kappa shape index (κ1) is 14.4. The van der Waals surface area contributed by atoms with Crippen LogP contribution >= 0.6 is 0 Å². The third kappa shape index (κ3) is 4.57. The van der Waals surface area contributed by atoms with Crippen molar-refractivity contribution in [1.82, 2.24) is 4.72 Å². The fraction of sp³-hybridized carbons (Fsp3) is 0.455. The molecule has 0 spiro atoms. The van der Waals surface area contributed by atoms with Crippen LogP contribution in [-0.4, -0.2) is 22.6 Å². The molecule has 0 atom stereocenters. The molecule has 1 aromatic rings. The number of hydrogen-bond acceptors (Lipinski definition) is 4. The third-order valence-electron chi connectivity index (χ3n) is 2.88. The Morgan fingerprint density at radius 1 is 1.21 bits per heavy atom. The molecule has 1 fully saturated rings. The minimum Gasteiger partial charge on any atom is -0.225 e. The first-order valence-corrected chi connectivity index (χ1v) is 9.05. The van der Waals surface area contributed by atoms with Crippen molar-refractivity contribution in [3.05, 3.63) is 29.8 Å². The molecular formula is C11H16N2O4S2. The van der Waals surface area contributed by atoms with Crippen LogP contribution in [0.15, 0.2) is 29.2 Å². The quantitative estimate of drug-likeness (QED) is 0.781. The number of hydrogen-bond donors (Lipinski definition) is 2. The Kier molecular flexibility index (Phi) is 3.95. The molecule has 0 radical (unpaired) electrons. The minimum atomic E-state index is -3.77. The number of nitrogens with one attached hydrogen (secondary N) is 1. The van der Waals surface area contributed by atoms with Gasteiger partial charge in [0.25, 0.3) is 0 Å². The average molecular weight is 304 g/mol. The molecule has 1 aliphatic carbocycles. The highest BCUT2D eigenvalue weighted by Crippen LogP contribution is 2.29. The predicted octanol–water partition coefficient (Wildman–Crippen LogP) is 0.163. The summed E-state index contributed by atoms with van der Waals surface area (Å²) in [5, 5.41) is 5.02. The van der Waals surface area contributed by atoms with E-state index in [0.29, 0.717) is 5.56 Å². The van der Waals surface area contributed by atoms with E-state index >= 15 is 0 Å². The highest BCUT2D eigenvalue weighted by molar-refractivity contribution is 7.89. The van der Waals surface area contributed by atoms with E-state index in [4.69, 9.17) is 5.14 Å². The Morgan fingerprint density at radius 3 is 2.47 bits per heavy atom. The van der Waals surface area contributed by atoms with Gasteiger partial charge in [0, 0.05) is 6.54 Å². The maximum absolute atomic E-state index is 11.7. The van der Waals surface area contributed by atoms with E-state index in [9.17, 15) is 16.8 Å². The van der Waals surface area contributed by atoms with E-state index in [0.717, 1.165) is 12.8 Å². The number of rotatable bonds is 6. The van der Waals surface area contributed by atoms with Gasteiger partial charge in [-0.25, -0.2) is 26.7 Å². The zero-order valence-corrected chi connectivity index (χ0v) is 11.9. The number of benzene rings is 1. The van der Waals surface area contributed by atoms with Crippen LogP contribution in [0.5, 0.6) is 0 Å². The molecule has 0 aliphatic heterocycles. The van der Waals surface area contributed by atoms with Crippen molar-refractivity contribution in [2.45, 2.75) is 24.3 Å². The summed E-state index contributed by atoms with van der Waals surface area (Å²) in [4.78, 5) is -0.0219. The van der Waals surface area contributed by atoms with Crippen molar-refractivity contribution in [2.75, 3.05) is 5.75 Å². The summed E-state index contributed by atoms with van der Waals surface area (Å²) in [6, 6.07) is 5.92. The van der Waals surface area contributed by atoms with Crippen LogP contribution in [0.3, 0.4) is 0 Å². The van der Waals surface area contributed by atoms with Gasteiger partial charge in [0.05, 0.1) is 10.6 Å². The molecule has 0 unspecified atom stereocenters. The van der Waals surface area contributed by atoms with E-state index < -0.39 is 20.0 Å². The second-order valence-corrected chi connectivity index (χ2v) is 8.15. The average Bonchev–Trinajstić information content (AvgIpc) is 3.09. The van der Waals surface area contributed by atoms with E-state index in [-0.39, 0.29) is 23.1 Å². The predicted molar refractivity (Wildman–Crippen MR) is 71.2 cm³/mol. The second-order valence-electron chi connectivity index (χ2n) is 4.74. The van der Waals surface area contributed by atoms with Crippen molar-refractivity contribution < 1.29 is 16.8 Å². The molecule has 1 saturated carbocycles. The first-order chi connectivity index (χ1) is 8.76. The molecule has 8 heteroatoms. The Bertz CT molecular complexity index is 664. The fourth-order valence-electron chi connectivity index (χ4n) is 1.68. The number of sulfonamides is 2. The molecule has 1 aliphatic rings. The van der Waals surface area contributed by atoms with Crippen molar-refractivity contribution in [3.63, 3.8) is 0 Å². The normalized spacial score (nSPS) is 16.5. The van der Waals surface area contributed by atoms with Crippen LogP contribution in [0.1, 0.15) is 18.4 Å². The summed E-state index contributed by atoms with van der Waals surface area (Å²) >= 11 is 0. The van der Waals surface area contributed by atoms with Crippen LogP contribution in [0.4, 0.5) is 0 Å². The molecular weight excluding hydrogens is 288 g/mol. The summed E-state index contributed by atoms with van der Waals surface area (Å²) in [7, 11) is -7.06. The van der Waals surface area contributed by atoms with E-state index in [2.05, 4.69) is 4.72 Å². The van der Waals surface area contributed by atoms with Crippen LogP contribution < -0.4 is 9.86 Å². The maximum atomic E-state index is 11.7. The lowest BCUT2D eigenvalue weighted by Crippen LogP contribution is -2.26. The molecule has 0 aromatic heterocycles. The molecule has 1 aromatic carbocycles. The van der Waals surface area contributed by atoms with Gasteiger partial charge in [-0.05, 0) is 36.5 Å². The molecule has 0 amide bonds. The van der Waals surface area contributed by atoms with Gasteiger partial charge in [0.2, 0.25) is 20.0 Å². The van der Waals surface area contributed by atoms with Crippen LogP contribution in [-0.2, 0) is 26.6 Å². The molecule has 0 heterocycles. The summed E-state index contributed by atoms with van der Waals surface area (Å²) in [6.45, 7) is 0.0679. The molecule has 6 nitrogen and oxygen atoms in total. The van der Waals surface area contributed by atoms with Crippen LogP contribution in [0.25, 0.3) is 0 Å². The second kappa shape index (κ2) is 5.20. The van der Waals surface area contributed by atoms with Crippen LogP contribution in [0.2, 0.25) is 0 Å². The fourth-order valence-corrected chi connectivity index (χ4v) is 3.72. The Hall–Kier alpha value is -0.960. The lowest BCUT2D eigenvalue weighted by atomic mass is 10.2. The van der Waals surface area contributed by atoms with Crippen molar-refractivity contribution in [1.29, 1.82) is 0 Å². The summed E-state index contributed by atoms with van der Waals surface area (Å²) in [5.41, 5.74) is 0.561. The van der Waals surface area contributed by atoms with Gasteiger partial charge in [0.15, 0.2) is 0 Å². The van der Waals surface area contributed by atoms with Crippen molar-refractivity contribution in [3.8, 4) is 0 Å². The van der Waals surface area contributed by atoms with Gasteiger partial charge in [-0.15, -0.1) is 0 Å². The highest BCUT2D eigenvalue weighted by atomic mass is 32.2. The topological polar surface area (TPSA) is 106 Å². The lowest BCUT2D eigenvalue weighted by molar-refractivity contribution is 0.577. The van der Waals surface area contributed by atoms with E-state index in [1.54, 1.807) is 6.07 Å². The molecule has 19 heavy (non-hydrogen) atoms. The largest absolute Gasteiger partial charge is 0.238 e. The summed E-state index contributed by atoms with van der Waals surface area (Å²) < 4.78 is 48.2. The van der Waals surface area contributed by atoms with Crippen molar-refractivity contribution in [2.24, 2.45) is 11.1 Å². The molecule has 106 valence electrons. The monoisotopic (exact) mass is 304 g/mol. The van der Waals surface area contributed by atoms with Crippen LogP contribution in [0, 0.1) is 5.92 Å². The SMILES string of the molecule is NS(=O)(=O)c1cccc(CNS(=O)(=O)CC2CC2)c1. The Balaban J connectivity index is 2.03. The van der Waals surface area contributed by atoms with E-state index in [1.165, 1.54) is 18.2 Å². The van der Waals surface area contributed by atoms with Gasteiger partial charge in [-0.3, -0.25) is 0 Å². The zero-order chi connectivity index (χ0) is 14.1. The third-order valence-corrected chi connectivity index (χ3v) is 5.28. The molecule has 0 saturated heterocycles. The first-order valence-electron chi connectivity index (χ1n) is 5.85. The van der Waals surface area contributed by atoms with Crippen molar-refractivity contribution >= 4 is 20.0 Å². The highest BCUT2D eigenvalue weighted by Gasteiger charge is 2.27.